The van der Waals surface area contributed by atoms with E-state index in [0.717, 1.165) is 17.7 Å². The van der Waals surface area contributed by atoms with E-state index in [2.05, 4.69) is 16.4 Å². The maximum Gasteiger partial charge on any atom is 0.128 e. The molecule has 1 unspecified atom stereocenters. The number of likely N-dealkylation sites (N-methyl/N-ethyl adjacent to an activating group) is 1. The molecule has 0 fully saturated rings. The Bertz CT molecular complexity index is 542. The third-order valence-corrected chi connectivity index (χ3v) is 3.17. The standard InChI is InChI=1S/C15H19N3O/c1-17-14(13-7-4-8-18-15(13)16)10-11-5-3-6-12(9-11)19-2/h3-9,14,17H,10H2,1-2H3,(H2,16,18). The van der Waals surface area contributed by atoms with E-state index in [9.17, 15) is 0 Å². The quantitative estimate of drug-likeness (QED) is 0.862. The highest BCUT2D eigenvalue weighted by Crippen LogP contribution is 2.23. The molecule has 0 aliphatic carbocycles. The van der Waals surface area contributed by atoms with Crippen LogP contribution >= 0.6 is 0 Å². The van der Waals surface area contributed by atoms with E-state index in [1.807, 2.05) is 37.4 Å². The number of nitrogens with one attached hydrogen (secondary N) is 1. The first kappa shape index (κ1) is 13.4. The molecule has 0 radical (unpaired) electrons. The summed E-state index contributed by atoms with van der Waals surface area (Å²) < 4.78 is 5.24. The summed E-state index contributed by atoms with van der Waals surface area (Å²) in [4.78, 5) is 4.14. The lowest BCUT2D eigenvalue weighted by Crippen LogP contribution is -2.20. The van der Waals surface area contributed by atoms with Crippen molar-refractivity contribution in [2.24, 2.45) is 0 Å². The maximum absolute atomic E-state index is 5.93. The van der Waals surface area contributed by atoms with Gasteiger partial charge in [-0.25, -0.2) is 4.98 Å². The Morgan fingerprint density at radius 1 is 1.32 bits per heavy atom. The number of pyridine rings is 1. The van der Waals surface area contributed by atoms with Crippen molar-refractivity contribution >= 4 is 5.82 Å². The average molecular weight is 257 g/mol. The monoisotopic (exact) mass is 257 g/mol. The second kappa shape index (κ2) is 6.20. The normalized spacial score (nSPS) is 12.1. The van der Waals surface area contributed by atoms with Crippen LogP contribution in [0.3, 0.4) is 0 Å². The Balaban J connectivity index is 2.21. The third kappa shape index (κ3) is 3.23. The van der Waals surface area contributed by atoms with Gasteiger partial charge in [0.15, 0.2) is 0 Å². The summed E-state index contributed by atoms with van der Waals surface area (Å²) in [7, 11) is 3.60. The molecule has 0 spiro atoms. The van der Waals surface area contributed by atoms with Crippen LogP contribution in [0.15, 0.2) is 42.6 Å². The molecule has 1 atom stereocenters. The summed E-state index contributed by atoms with van der Waals surface area (Å²) in [6.07, 6.45) is 2.54. The number of benzene rings is 1. The SMILES string of the molecule is CNC(Cc1cccc(OC)c1)c1cccnc1N. The molecule has 4 nitrogen and oxygen atoms in total. The zero-order valence-electron chi connectivity index (χ0n) is 11.3. The van der Waals surface area contributed by atoms with Gasteiger partial charge in [-0.05, 0) is 37.2 Å². The number of nitrogens with zero attached hydrogens (tertiary/aromatic N) is 1. The minimum Gasteiger partial charge on any atom is -0.497 e. The molecule has 0 aliphatic rings. The Morgan fingerprint density at radius 3 is 2.84 bits per heavy atom. The maximum atomic E-state index is 5.93. The number of nitrogen functional groups attached to an aromatic ring is 1. The third-order valence-electron chi connectivity index (χ3n) is 3.17. The van der Waals surface area contributed by atoms with Crippen molar-refractivity contribution in [3.8, 4) is 5.75 Å². The fourth-order valence-corrected chi connectivity index (χ4v) is 2.13. The Kier molecular flexibility index (Phi) is 4.36. The summed E-state index contributed by atoms with van der Waals surface area (Å²) in [6, 6.07) is 12.1. The topological polar surface area (TPSA) is 60.2 Å². The summed E-state index contributed by atoms with van der Waals surface area (Å²) in [5.41, 5.74) is 8.15. The first-order valence-electron chi connectivity index (χ1n) is 6.25. The smallest absolute Gasteiger partial charge is 0.128 e. The minimum absolute atomic E-state index is 0.140. The summed E-state index contributed by atoms with van der Waals surface area (Å²) in [5.74, 6) is 1.44. The van der Waals surface area contributed by atoms with Crippen LogP contribution in [0, 0.1) is 0 Å². The van der Waals surface area contributed by atoms with E-state index in [1.165, 1.54) is 5.56 Å². The Labute approximate surface area is 113 Å². The van der Waals surface area contributed by atoms with Crippen molar-refractivity contribution < 1.29 is 4.74 Å². The molecule has 0 saturated carbocycles. The predicted octanol–water partition coefficient (Wildman–Crippen LogP) is 2.18. The van der Waals surface area contributed by atoms with Crippen LogP contribution in [0.25, 0.3) is 0 Å². The van der Waals surface area contributed by atoms with Gasteiger partial charge in [0.25, 0.3) is 0 Å². The van der Waals surface area contributed by atoms with Crippen LogP contribution in [0.5, 0.6) is 5.75 Å². The lowest BCUT2D eigenvalue weighted by atomic mass is 9.99. The highest BCUT2D eigenvalue weighted by molar-refractivity contribution is 5.42. The number of anilines is 1. The van der Waals surface area contributed by atoms with Gasteiger partial charge in [0.2, 0.25) is 0 Å². The van der Waals surface area contributed by atoms with E-state index in [1.54, 1.807) is 13.3 Å². The number of aromatic nitrogens is 1. The van der Waals surface area contributed by atoms with Crippen molar-refractivity contribution in [2.45, 2.75) is 12.5 Å². The molecule has 2 rings (SSSR count). The van der Waals surface area contributed by atoms with Gasteiger partial charge in [0.1, 0.15) is 11.6 Å². The predicted molar refractivity (Wildman–Crippen MR) is 77.1 cm³/mol. The number of hydrogen-bond acceptors (Lipinski definition) is 4. The van der Waals surface area contributed by atoms with Gasteiger partial charge < -0.3 is 15.8 Å². The molecule has 1 aromatic heterocycles. The van der Waals surface area contributed by atoms with Gasteiger partial charge in [0.05, 0.1) is 7.11 Å². The van der Waals surface area contributed by atoms with Crippen LogP contribution in [0.4, 0.5) is 5.82 Å². The second-order valence-electron chi connectivity index (χ2n) is 4.37. The number of rotatable bonds is 5. The molecule has 0 aliphatic heterocycles. The Morgan fingerprint density at radius 2 is 2.16 bits per heavy atom. The van der Waals surface area contributed by atoms with Gasteiger partial charge in [-0.15, -0.1) is 0 Å². The average Bonchev–Trinajstić information content (AvgIpc) is 2.46. The van der Waals surface area contributed by atoms with E-state index in [0.29, 0.717) is 5.82 Å². The van der Waals surface area contributed by atoms with Gasteiger partial charge in [0, 0.05) is 17.8 Å². The zero-order valence-corrected chi connectivity index (χ0v) is 11.3. The lowest BCUT2D eigenvalue weighted by molar-refractivity contribution is 0.414. The number of nitrogens with two attached hydrogens (primary N) is 1. The first-order chi connectivity index (χ1) is 9.24. The molecule has 2 aromatic rings. The first-order valence-corrected chi connectivity index (χ1v) is 6.25. The van der Waals surface area contributed by atoms with Gasteiger partial charge in [-0.3, -0.25) is 0 Å². The summed E-state index contributed by atoms with van der Waals surface area (Å²) in [6.45, 7) is 0. The van der Waals surface area contributed by atoms with Gasteiger partial charge in [-0.1, -0.05) is 18.2 Å². The van der Waals surface area contributed by atoms with E-state index < -0.39 is 0 Å². The fourth-order valence-electron chi connectivity index (χ4n) is 2.13. The molecule has 3 N–H and O–H groups in total. The molecular formula is C15H19N3O. The minimum atomic E-state index is 0.140. The van der Waals surface area contributed by atoms with Crippen molar-refractivity contribution in [3.05, 3.63) is 53.7 Å². The fraction of sp³-hybridized carbons (Fsp3) is 0.267. The van der Waals surface area contributed by atoms with Crippen LogP contribution in [0.1, 0.15) is 17.2 Å². The van der Waals surface area contributed by atoms with Crippen molar-refractivity contribution in [2.75, 3.05) is 19.9 Å². The molecule has 100 valence electrons. The van der Waals surface area contributed by atoms with Gasteiger partial charge in [-0.2, -0.15) is 0 Å². The van der Waals surface area contributed by atoms with Crippen molar-refractivity contribution in [3.63, 3.8) is 0 Å². The summed E-state index contributed by atoms with van der Waals surface area (Å²) in [5, 5.41) is 3.28. The molecule has 0 bridgehead atoms. The highest BCUT2D eigenvalue weighted by atomic mass is 16.5. The van der Waals surface area contributed by atoms with Crippen LogP contribution in [-0.2, 0) is 6.42 Å². The van der Waals surface area contributed by atoms with E-state index in [-0.39, 0.29) is 6.04 Å². The Hall–Kier alpha value is -2.07. The molecule has 0 amide bonds. The lowest BCUT2D eigenvalue weighted by Gasteiger charge is -2.18. The zero-order chi connectivity index (χ0) is 13.7. The van der Waals surface area contributed by atoms with E-state index >= 15 is 0 Å². The molecule has 1 heterocycles. The largest absolute Gasteiger partial charge is 0.497 e. The number of methoxy groups -OCH3 is 1. The molecular weight excluding hydrogens is 238 g/mol. The number of ether oxygens (including phenoxy) is 1. The second-order valence-corrected chi connectivity index (χ2v) is 4.37. The van der Waals surface area contributed by atoms with Crippen molar-refractivity contribution in [1.29, 1.82) is 0 Å². The van der Waals surface area contributed by atoms with E-state index in [4.69, 9.17) is 10.5 Å². The van der Waals surface area contributed by atoms with Crippen LogP contribution in [-0.4, -0.2) is 19.1 Å². The number of hydrogen-bond donors (Lipinski definition) is 2. The molecule has 1 aromatic carbocycles. The van der Waals surface area contributed by atoms with Crippen LogP contribution < -0.4 is 15.8 Å². The molecule has 19 heavy (non-hydrogen) atoms. The molecule has 4 heteroatoms. The molecule has 0 saturated heterocycles. The van der Waals surface area contributed by atoms with Crippen LogP contribution in [0.2, 0.25) is 0 Å². The van der Waals surface area contributed by atoms with Crippen molar-refractivity contribution in [1.82, 2.24) is 10.3 Å². The highest BCUT2D eigenvalue weighted by Gasteiger charge is 2.13. The van der Waals surface area contributed by atoms with Gasteiger partial charge >= 0.3 is 0 Å². The summed E-state index contributed by atoms with van der Waals surface area (Å²) >= 11 is 0.